The highest BCUT2D eigenvalue weighted by Gasteiger charge is 2.25. The monoisotopic (exact) mass is 327 g/mol. The Morgan fingerprint density at radius 2 is 2.08 bits per heavy atom. The van der Waals surface area contributed by atoms with Gasteiger partial charge in [-0.15, -0.1) is 0 Å². The normalized spacial score (nSPS) is 15.6. The maximum Gasteiger partial charge on any atom is 0.228 e. The molecule has 2 aromatic rings. The van der Waals surface area contributed by atoms with Gasteiger partial charge in [0.25, 0.3) is 0 Å². The van der Waals surface area contributed by atoms with Gasteiger partial charge in [0, 0.05) is 11.3 Å². The van der Waals surface area contributed by atoms with Crippen LogP contribution >= 0.6 is 0 Å². The molecule has 2 amide bonds. The molecule has 1 aromatic heterocycles. The van der Waals surface area contributed by atoms with Crippen LogP contribution in [0.3, 0.4) is 0 Å². The Morgan fingerprint density at radius 1 is 1.33 bits per heavy atom. The van der Waals surface area contributed by atoms with Crippen LogP contribution in [0.1, 0.15) is 54.0 Å². The van der Waals surface area contributed by atoms with E-state index in [9.17, 15) is 9.59 Å². The van der Waals surface area contributed by atoms with E-state index < -0.39 is 0 Å². The minimum absolute atomic E-state index is 0.00543. The Morgan fingerprint density at radius 3 is 2.75 bits per heavy atom. The lowest BCUT2D eigenvalue weighted by atomic mass is 9.97. The lowest BCUT2D eigenvalue weighted by molar-refractivity contribution is -0.123. The predicted molar refractivity (Wildman–Crippen MR) is 89.7 cm³/mol. The summed E-state index contributed by atoms with van der Waals surface area (Å²) in [4.78, 5) is 24.0. The van der Waals surface area contributed by atoms with Crippen LogP contribution in [-0.2, 0) is 16.0 Å². The minimum atomic E-state index is -0.337. The number of fused-ring (bicyclic) bond motifs is 1. The molecule has 1 aliphatic heterocycles. The van der Waals surface area contributed by atoms with Crippen LogP contribution in [0.25, 0.3) is 0 Å². The van der Waals surface area contributed by atoms with E-state index in [1.54, 1.807) is 0 Å². The third-order valence-corrected chi connectivity index (χ3v) is 4.53. The van der Waals surface area contributed by atoms with Crippen molar-refractivity contribution in [1.29, 1.82) is 0 Å². The van der Waals surface area contributed by atoms with Crippen molar-refractivity contribution in [2.75, 3.05) is 5.32 Å². The van der Waals surface area contributed by atoms with E-state index in [4.69, 9.17) is 4.52 Å². The van der Waals surface area contributed by atoms with Gasteiger partial charge >= 0.3 is 0 Å². The topological polar surface area (TPSA) is 84.2 Å². The van der Waals surface area contributed by atoms with E-state index in [1.807, 2.05) is 45.9 Å². The first kappa shape index (κ1) is 16.2. The molecule has 2 heterocycles. The first-order valence-corrected chi connectivity index (χ1v) is 8.02. The van der Waals surface area contributed by atoms with Crippen molar-refractivity contribution in [1.82, 2.24) is 10.5 Å². The number of amides is 2. The van der Waals surface area contributed by atoms with Crippen LogP contribution in [0.2, 0.25) is 0 Å². The molecule has 0 saturated carbocycles. The Kier molecular flexibility index (Phi) is 4.13. The van der Waals surface area contributed by atoms with Crippen LogP contribution in [0.4, 0.5) is 5.69 Å². The van der Waals surface area contributed by atoms with Crippen LogP contribution in [0.15, 0.2) is 22.7 Å². The number of benzene rings is 1. The molecule has 3 rings (SSSR count). The summed E-state index contributed by atoms with van der Waals surface area (Å²) in [6, 6.07) is 5.63. The number of carbonyl (C=O) groups is 2. The molecular formula is C18H21N3O3. The van der Waals surface area contributed by atoms with Gasteiger partial charge < -0.3 is 15.2 Å². The Labute approximate surface area is 140 Å². The summed E-state index contributed by atoms with van der Waals surface area (Å²) in [7, 11) is 0. The fourth-order valence-corrected chi connectivity index (χ4v) is 3.18. The zero-order valence-electron chi connectivity index (χ0n) is 14.3. The average molecular weight is 327 g/mol. The maximum atomic E-state index is 12.6. The van der Waals surface area contributed by atoms with Gasteiger partial charge in [-0.25, -0.2) is 0 Å². The van der Waals surface area contributed by atoms with Crippen LogP contribution in [-0.4, -0.2) is 17.0 Å². The molecule has 0 aliphatic carbocycles. The summed E-state index contributed by atoms with van der Waals surface area (Å²) in [6.45, 7) is 7.43. The van der Waals surface area contributed by atoms with Crippen molar-refractivity contribution in [3.05, 3.63) is 46.3 Å². The van der Waals surface area contributed by atoms with Crippen LogP contribution in [0.5, 0.6) is 0 Å². The van der Waals surface area contributed by atoms with Crippen LogP contribution < -0.4 is 10.6 Å². The number of hydrogen-bond acceptors (Lipinski definition) is 4. The summed E-state index contributed by atoms with van der Waals surface area (Å²) in [5, 5.41) is 9.75. The van der Waals surface area contributed by atoms with Crippen molar-refractivity contribution < 1.29 is 14.1 Å². The van der Waals surface area contributed by atoms with E-state index in [0.29, 0.717) is 12.2 Å². The largest absolute Gasteiger partial charge is 0.361 e. The molecule has 0 fully saturated rings. The Balaban J connectivity index is 1.73. The van der Waals surface area contributed by atoms with E-state index in [1.165, 1.54) is 0 Å². The predicted octanol–water partition coefficient (Wildman–Crippen LogP) is 2.77. The van der Waals surface area contributed by atoms with Crippen LogP contribution in [0, 0.1) is 13.8 Å². The second-order valence-electron chi connectivity index (χ2n) is 6.33. The molecule has 0 spiro atoms. The summed E-state index contributed by atoms with van der Waals surface area (Å²) in [5.74, 6) is 0.263. The van der Waals surface area contributed by atoms with Gasteiger partial charge in [-0.2, -0.15) is 0 Å². The van der Waals surface area contributed by atoms with E-state index in [0.717, 1.165) is 28.1 Å². The van der Waals surface area contributed by atoms with E-state index in [2.05, 4.69) is 15.8 Å². The minimum Gasteiger partial charge on any atom is -0.361 e. The molecular weight excluding hydrogens is 306 g/mol. The highest BCUT2D eigenvalue weighted by atomic mass is 16.5. The van der Waals surface area contributed by atoms with Gasteiger partial charge in [-0.3, -0.25) is 9.59 Å². The number of aromatic nitrogens is 1. The zero-order valence-corrected chi connectivity index (χ0v) is 14.3. The molecule has 2 atom stereocenters. The molecule has 6 heteroatoms. The van der Waals surface area contributed by atoms with Crippen molar-refractivity contribution in [2.45, 2.75) is 46.1 Å². The number of carbonyl (C=O) groups excluding carboxylic acids is 2. The lowest BCUT2D eigenvalue weighted by Crippen LogP contribution is -2.31. The van der Waals surface area contributed by atoms with Crippen molar-refractivity contribution >= 4 is 17.5 Å². The van der Waals surface area contributed by atoms with Crippen molar-refractivity contribution in [3.63, 3.8) is 0 Å². The molecule has 0 radical (unpaired) electrons. The molecule has 24 heavy (non-hydrogen) atoms. The highest BCUT2D eigenvalue weighted by Crippen LogP contribution is 2.28. The fourth-order valence-electron chi connectivity index (χ4n) is 3.18. The molecule has 126 valence electrons. The summed E-state index contributed by atoms with van der Waals surface area (Å²) >= 11 is 0. The van der Waals surface area contributed by atoms with Gasteiger partial charge in [-0.05, 0) is 44.9 Å². The number of rotatable bonds is 4. The van der Waals surface area contributed by atoms with Crippen molar-refractivity contribution in [2.24, 2.45) is 0 Å². The fraction of sp³-hybridized carbons (Fsp3) is 0.389. The van der Waals surface area contributed by atoms with Gasteiger partial charge in [-0.1, -0.05) is 17.3 Å². The summed E-state index contributed by atoms with van der Waals surface area (Å²) in [6.07, 6.45) is 0.388. The zero-order chi connectivity index (χ0) is 17.4. The first-order chi connectivity index (χ1) is 11.4. The number of nitrogens with zero attached hydrogens (tertiary/aromatic N) is 1. The Bertz CT molecular complexity index is 790. The summed E-state index contributed by atoms with van der Waals surface area (Å²) < 4.78 is 5.15. The molecule has 0 bridgehead atoms. The number of anilines is 1. The van der Waals surface area contributed by atoms with Gasteiger partial charge in [0.15, 0.2) is 0 Å². The average Bonchev–Trinajstić information content (AvgIpc) is 3.06. The summed E-state index contributed by atoms with van der Waals surface area (Å²) in [5.41, 5.74) is 4.38. The lowest BCUT2D eigenvalue weighted by Gasteiger charge is -2.18. The molecule has 6 nitrogen and oxygen atoms in total. The third kappa shape index (κ3) is 2.91. The molecule has 0 unspecified atom stereocenters. The molecule has 1 aromatic carbocycles. The van der Waals surface area contributed by atoms with Gasteiger partial charge in [0.2, 0.25) is 11.8 Å². The number of aryl methyl sites for hydroxylation is 2. The smallest absolute Gasteiger partial charge is 0.228 e. The molecule has 2 N–H and O–H groups in total. The first-order valence-electron chi connectivity index (χ1n) is 8.02. The number of nitrogens with one attached hydrogen (secondary N) is 2. The van der Waals surface area contributed by atoms with E-state index >= 15 is 0 Å². The highest BCUT2D eigenvalue weighted by molar-refractivity contribution is 5.99. The number of hydrogen-bond donors (Lipinski definition) is 2. The van der Waals surface area contributed by atoms with Gasteiger partial charge in [0.05, 0.1) is 24.1 Å². The second-order valence-corrected chi connectivity index (χ2v) is 6.33. The second kappa shape index (κ2) is 6.11. The molecule has 1 aliphatic rings. The Hall–Kier alpha value is -2.63. The third-order valence-electron chi connectivity index (χ3n) is 4.53. The van der Waals surface area contributed by atoms with Gasteiger partial charge in [0.1, 0.15) is 5.76 Å². The maximum absolute atomic E-state index is 12.6. The standard InChI is InChI=1S/C18H21N3O3/c1-9(17-11(3)21-24-12(17)4)18(23)19-10(2)13-5-6-15-14(7-13)8-16(22)20-15/h5-7,9-10H,8H2,1-4H3,(H,19,23)(H,20,22)/t9-,10+/m1/s1. The quantitative estimate of drug-likeness (QED) is 0.904. The van der Waals surface area contributed by atoms with Crippen molar-refractivity contribution in [3.8, 4) is 0 Å². The SMILES string of the molecule is Cc1noc(C)c1[C@@H](C)C(=O)N[C@@H](C)c1ccc2c(c1)CC(=O)N2. The molecule has 0 saturated heterocycles. The van der Waals surface area contributed by atoms with E-state index in [-0.39, 0.29) is 23.8 Å².